The SMILES string of the molecule is CCOc1ccc(CN2CCC[C@H](c3cc4ncccc4[nH]3)C2)cc1. The van der Waals surface area contributed by atoms with E-state index in [0.29, 0.717) is 12.5 Å². The fourth-order valence-corrected chi connectivity index (χ4v) is 3.77. The first kappa shape index (κ1) is 16.2. The number of likely N-dealkylation sites (tertiary alicyclic amines) is 1. The van der Waals surface area contributed by atoms with Gasteiger partial charge in [0.2, 0.25) is 0 Å². The molecule has 1 atom stereocenters. The molecule has 1 N–H and O–H groups in total. The largest absolute Gasteiger partial charge is 0.494 e. The van der Waals surface area contributed by atoms with Gasteiger partial charge in [-0.15, -0.1) is 0 Å². The Labute approximate surface area is 148 Å². The Balaban J connectivity index is 1.43. The molecule has 1 aromatic carbocycles. The van der Waals surface area contributed by atoms with E-state index in [2.05, 4.69) is 51.3 Å². The molecule has 2 aromatic heterocycles. The van der Waals surface area contributed by atoms with E-state index in [1.807, 2.05) is 19.2 Å². The van der Waals surface area contributed by atoms with E-state index in [9.17, 15) is 0 Å². The summed E-state index contributed by atoms with van der Waals surface area (Å²) in [6.45, 7) is 6.00. The molecule has 3 aromatic rings. The number of nitrogens with zero attached hydrogens (tertiary/aromatic N) is 2. The zero-order valence-electron chi connectivity index (χ0n) is 14.7. The second-order valence-corrected chi connectivity index (χ2v) is 6.81. The molecule has 130 valence electrons. The summed E-state index contributed by atoms with van der Waals surface area (Å²) in [4.78, 5) is 10.6. The van der Waals surface area contributed by atoms with E-state index in [0.717, 1.165) is 29.9 Å². The summed E-state index contributed by atoms with van der Waals surface area (Å²) in [5, 5.41) is 0. The summed E-state index contributed by atoms with van der Waals surface area (Å²) in [6, 6.07) is 14.8. The van der Waals surface area contributed by atoms with Gasteiger partial charge < -0.3 is 9.72 Å². The number of nitrogens with one attached hydrogen (secondary N) is 1. The molecular formula is C21H25N3O. The predicted molar refractivity (Wildman–Crippen MR) is 101 cm³/mol. The van der Waals surface area contributed by atoms with Crippen LogP contribution in [0.1, 0.15) is 36.9 Å². The summed E-state index contributed by atoms with van der Waals surface area (Å²) in [7, 11) is 0. The van der Waals surface area contributed by atoms with Gasteiger partial charge in [-0.3, -0.25) is 9.88 Å². The molecule has 3 heterocycles. The first-order valence-corrected chi connectivity index (χ1v) is 9.19. The maximum absolute atomic E-state index is 5.53. The molecule has 25 heavy (non-hydrogen) atoms. The highest BCUT2D eigenvalue weighted by Crippen LogP contribution is 2.29. The lowest BCUT2D eigenvalue weighted by Crippen LogP contribution is -2.34. The molecule has 0 saturated carbocycles. The maximum Gasteiger partial charge on any atom is 0.119 e. The number of hydrogen-bond acceptors (Lipinski definition) is 3. The standard InChI is InChI=1S/C21H25N3O/c1-2-25-18-9-7-16(8-10-18)14-24-12-4-5-17(15-24)20-13-21-19(23-20)6-3-11-22-21/h3,6-11,13,17,23H,2,4-5,12,14-15H2,1H3/t17-/m0/s1. The summed E-state index contributed by atoms with van der Waals surface area (Å²) >= 11 is 0. The highest BCUT2D eigenvalue weighted by molar-refractivity contribution is 5.75. The number of piperidine rings is 1. The van der Waals surface area contributed by atoms with Gasteiger partial charge in [0.25, 0.3) is 0 Å². The molecule has 0 unspecified atom stereocenters. The van der Waals surface area contributed by atoms with Crippen molar-refractivity contribution in [1.82, 2.24) is 14.9 Å². The summed E-state index contributed by atoms with van der Waals surface area (Å²) < 4.78 is 5.53. The summed E-state index contributed by atoms with van der Waals surface area (Å²) in [6.07, 6.45) is 4.34. The molecule has 0 amide bonds. The number of ether oxygens (including phenoxy) is 1. The predicted octanol–water partition coefficient (Wildman–Crippen LogP) is 4.34. The Hall–Kier alpha value is -2.33. The van der Waals surface area contributed by atoms with Crippen LogP contribution in [0.4, 0.5) is 0 Å². The van der Waals surface area contributed by atoms with Crippen LogP contribution in [0.3, 0.4) is 0 Å². The molecule has 1 aliphatic heterocycles. The van der Waals surface area contributed by atoms with Gasteiger partial charge in [-0.25, -0.2) is 0 Å². The van der Waals surface area contributed by atoms with Crippen molar-refractivity contribution in [3.8, 4) is 5.75 Å². The number of benzene rings is 1. The van der Waals surface area contributed by atoms with Crippen molar-refractivity contribution in [3.05, 3.63) is 59.9 Å². The average molecular weight is 335 g/mol. The second kappa shape index (κ2) is 7.28. The van der Waals surface area contributed by atoms with Crippen molar-refractivity contribution in [2.45, 2.75) is 32.2 Å². The van der Waals surface area contributed by atoms with Crippen LogP contribution >= 0.6 is 0 Å². The maximum atomic E-state index is 5.53. The van der Waals surface area contributed by atoms with E-state index in [-0.39, 0.29) is 0 Å². The van der Waals surface area contributed by atoms with E-state index in [4.69, 9.17) is 4.74 Å². The van der Waals surface area contributed by atoms with Crippen LogP contribution in [0.15, 0.2) is 48.7 Å². The Morgan fingerprint density at radius 1 is 1.24 bits per heavy atom. The molecule has 0 aliphatic carbocycles. The van der Waals surface area contributed by atoms with Gasteiger partial charge in [-0.05, 0) is 62.2 Å². The second-order valence-electron chi connectivity index (χ2n) is 6.81. The lowest BCUT2D eigenvalue weighted by atomic mass is 9.94. The van der Waals surface area contributed by atoms with Crippen LogP contribution in [0.25, 0.3) is 11.0 Å². The number of fused-ring (bicyclic) bond motifs is 1. The lowest BCUT2D eigenvalue weighted by Gasteiger charge is -2.32. The van der Waals surface area contributed by atoms with Crippen LogP contribution in [-0.4, -0.2) is 34.6 Å². The molecule has 0 spiro atoms. The van der Waals surface area contributed by atoms with Crippen molar-refractivity contribution in [2.75, 3.05) is 19.7 Å². The van der Waals surface area contributed by atoms with Gasteiger partial charge in [0, 0.05) is 30.9 Å². The Morgan fingerprint density at radius 3 is 2.92 bits per heavy atom. The first-order chi connectivity index (χ1) is 12.3. The smallest absolute Gasteiger partial charge is 0.119 e. The van der Waals surface area contributed by atoms with Crippen LogP contribution in [0, 0.1) is 0 Å². The van der Waals surface area contributed by atoms with E-state index in [1.54, 1.807) is 0 Å². The van der Waals surface area contributed by atoms with Crippen molar-refractivity contribution >= 4 is 11.0 Å². The number of aromatic amines is 1. The van der Waals surface area contributed by atoms with Gasteiger partial charge in [-0.2, -0.15) is 0 Å². The van der Waals surface area contributed by atoms with Crippen LogP contribution in [0.2, 0.25) is 0 Å². The van der Waals surface area contributed by atoms with Gasteiger partial charge in [0.15, 0.2) is 0 Å². The zero-order valence-corrected chi connectivity index (χ0v) is 14.7. The van der Waals surface area contributed by atoms with Gasteiger partial charge in [-0.1, -0.05) is 12.1 Å². The molecular weight excluding hydrogens is 310 g/mol. The molecule has 1 fully saturated rings. The van der Waals surface area contributed by atoms with E-state index < -0.39 is 0 Å². The first-order valence-electron chi connectivity index (χ1n) is 9.19. The number of hydrogen-bond donors (Lipinski definition) is 1. The van der Waals surface area contributed by atoms with E-state index >= 15 is 0 Å². The minimum Gasteiger partial charge on any atom is -0.494 e. The average Bonchev–Trinajstić information content (AvgIpc) is 3.08. The molecule has 4 nitrogen and oxygen atoms in total. The third-order valence-corrected chi connectivity index (χ3v) is 5.00. The van der Waals surface area contributed by atoms with Crippen molar-refractivity contribution in [1.29, 1.82) is 0 Å². The Morgan fingerprint density at radius 2 is 2.12 bits per heavy atom. The summed E-state index contributed by atoms with van der Waals surface area (Å²) in [5.74, 6) is 1.51. The molecule has 1 aliphatic rings. The highest BCUT2D eigenvalue weighted by Gasteiger charge is 2.23. The van der Waals surface area contributed by atoms with Crippen molar-refractivity contribution in [3.63, 3.8) is 0 Å². The fraction of sp³-hybridized carbons (Fsp3) is 0.381. The fourth-order valence-electron chi connectivity index (χ4n) is 3.77. The van der Waals surface area contributed by atoms with Gasteiger partial charge in [0.05, 0.1) is 17.6 Å². The minimum atomic E-state index is 0.561. The topological polar surface area (TPSA) is 41.1 Å². The third kappa shape index (κ3) is 3.69. The van der Waals surface area contributed by atoms with Gasteiger partial charge in [0.1, 0.15) is 5.75 Å². The molecule has 0 bridgehead atoms. The van der Waals surface area contributed by atoms with Crippen LogP contribution < -0.4 is 4.74 Å². The van der Waals surface area contributed by atoms with Gasteiger partial charge >= 0.3 is 0 Å². The highest BCUT2D eigenvalue weighted by atomic mass is 16.5. The Kier molecular flexibility index (Phi) is 4.70. The van der Waals surface area contributed by atoms with E-state index in [1.165, 1.54) is 30.6 Å². The summed E-state index contributed by atoms with van der Waals surface area (Å²) in [5.41, 5.74) is 4.88. The monoisotopic (exact) mass is 335 g/mol. The van der Waals surface area contributed by atoms with Crippen molar-refractivity contribution in [2.24, 2.45) is 0 Å². The van der Waals surface area contributed by atoms with Crippen LogP contribution in [-0.2, 0) is 6.54 Å². The normalized spacial score (nSPS) is 18.5. The Bertz CT molecular complexity index is 792. The zero-order chi connectivity index (χ0) is 17.1. The quantitative estimate of drug-likeness (QED) is 0.754. The number of rotatable bonds is 5. The minimum absolute atomic E-state index is 0.561. The number of H-pyrrole nitrogens is 1. The molecule has 4 heteroatoms. The third-order valence-electron chi connectivity index (χ3n) is 5.00. The molecule has 1 saturated heterocycles. The van der Waals surface area contributed by atoms with Crippen LogP contribution in [0.5, 0.6) is 5.75 Å². The molecule has 0 radical (unpaired) electrons. The number of aromatic nitrogens is 2. The van der Waals surface area contributed by atoms with Crippen molar-refractivity contribution < 1.29 is 4.74 Å². The lowest BCUT2D eigenvalue weighted by molar-refractivity contribution is 0.199. The number of pyridine rings is 1. The molecule has 4 rings (SSSR count).